The van der Waals surface area contributed by atoms with Crippen LogP contribution in [0.25, 0.3) is 21.9 Å². The van der Waals surface area contributed by atoms with E-state index >= 15 is 0 Å². The van der Waals surface area contributed by atoms with E-state index in [2.05, 4.69) is 29.2 Å². The van der Waals surface area contributed by atoms with Crippen LogP contribution in [0.2, 0.25) is 0 Å². The van der Waals surface area contributed by atoms with Crippen LogP contribution >= 0.6 is 11.8 Å². The fraction of sp³-hybridized carbons (Fsp3) is 0.250. The number of hydrogen-bond acceptors (Lipinski definition) is 4. The van der Waals surface area contributed by atoms with Gasteiger partial charge in [0.2, 0.25) is 0 Å². The van der Waals surface area contributed by atoms with Crippen LogP contribution in [0, 0.1) is 0 Å². The number of nitrogens with zero attached hydrogens (tertiary/aromatic N) is 4. The summed E-state index contributed by atoms with van der Waals surface area (Å²) in [6, 6.07) is 14.4. The Morgan fingerprint density at radius 1 is 1.00 bits per heavy atom. The van der Waals surface area contributed by atoms with Crippen LogP contribution in [0.5, 0.6) is 0 Å². The first-order valence-corrected chi connectivity index (χ1v) is 9.77. The van der Waals surface area contributed by atoms with Crippen LogP contribution in [-0.4, -0.2) is 24.4 Å². The maximum Gasteiger partial charge on any atom is 0.332 e. The molecule has 0 atom stereocenters. The first kappa shape index (κ1) is 17.6. The normalized spacial score (nSPS) is 11.5. The fourth-order valence-corrected chi connectivity index (χ4v) is 4.13. The fourth-order valence-electron chi connectivity index (χ4n) is 3.41. The Morgan fingerprint density at radius 2 is 1.74 bits per heavy atom. The molecule has 0 radical (unpaired) electrons. The van der Waals surface area contributed by atoms with Gasteiger partial charge in [-0.2, -0.15) is 0 Å². The smallest absolute Gasteiger partial charge is 0.309 e. The molecule has 2 aromatic carbocycles. The highest BCUT2D eigenvalue weighted by Gasteiger charge is 2.19. The zero-order chi connectivity index (χ0) is 19.1. The molecular formula is C20H20N4O2S. The third-order valence-corrected chi connectivity index (χ3v) is 5.65. The topological polar surface area (TPSA) is 61.8 Å². The molecule has 2 heterocycles. The van der Waals surface area contributed by atoms with Crippen LogP contribution in [0.1, 0.15) is 12.5 Å². The first-order valence-electron chi connectivity index (χ1n) is 8.78. The van der Waals surface area contributed by atoms with Gasteiger partial charge >= 0.3 is 5.69 Å². The standard InChI is InChI=1S/C20H20N4O2S/c1-4-27-19-21-17-16(18(25)23(3)20(26)22(17)2)24(19)12-14-10-7-9-13-8-5-6-11-15(13)14/h5-11H,4,12H2,1-3H3. The highest BCUT2D eigenvalue weighted by atomic mass is 32.2. The zero-order valence-electron chi connectivity index (χ0n) is 15.5. The van der Waals surface area contributed by atoms with Crippen molar-refractivity contribution < 1.29 is 0 Å². The first-order chi connectivity index (χ1) is 13.0. The minimum atomic E-state index is -0.365. The Labute approximate surface area is 160 Å². The molecular weight excluding hydrogens is 360 g/mol. The van der Waals surface area contributed by atoms with E-state index in [0.29, 0.717) is 17.7 Å². The molecule has 4 aromatic rings. The molecule has 4 rings (SSSR count). The molecule has 0 unspecified atom stereocenters. The van der Waals surface area contributed by atoms with Crippen LogP contribution in [0.3, 0.4) is 0 Å². The molecule has 0 bridgehead atoms. The minimum absolute atomic E-state index is 0.316. The summed E-state index contributed by atoms with van der Waals surface area (Å²) in [5.74, 6) is 0.827. The Bertz CT molecular complexity index is 1280. The molecule has 7 heteroatoms. The number of aromatic nitrogens is 4. The van der Waals surface area contributed by atoms with Crippen molar-refractivity contribution in [1.82, 2.24) is 18.7 Å². The summed E-state index contributed by atoms with van der Waals surface area (Å²) in [5.41, 5.74) is 1.32. The maximum absolute atomic E-state index is 12.9. The van der Waals surface area contributed by atoms with Gasteiger partial charge in [0, 0.05) is 14.1 Å². The third-order valence-electron chi connectivity index (χ3n) is 4.79. The van der Waals surface area contributed by atoms with Gasteiger partial charge < -0.3 is 4.57 Å². The summed E-state index contributed by atoms with van der Waals surface area (Å²) >= 11 is 1.57. The Kier molecular flexibility index (Phi) is 4.39. The van der Waals surface area contributed by atoms with Crippen molar-refractivity contribution in [2.24, 2.45) is 14.1 Å². The molecule has 0 aliphatic heterocycles. The van der Waals surface area contributed by atoms with Gasteiger partial charge in [-0.1, -0.05) is 61.2 Å². The van der Waals surface area contributed by atoms with Gasteiger partial charge in [-0.25, -0.2) is 9.78 Å². The molecule has 27 heavy (non-hydrogen) atoms. The van der Waals surface area contributed by atoms with Crippen molar-refractivity contribution in [2.45, 2.75) is 18.6 Å². The van der Waals surface area contributed by atoms with E-state index in [0.717, 1.165) is 31.8 Å². The molecule has 138 valence electrons. The second kappa shape index (κ2) is 6.74. The van der Waals surface area contributed by atoms with Crippen molar-refractivity contribution in [2.75, 3.05) is 5.75 Å². The van der Waals surface area contributed by atoms with Crippen molar-refractivity contribution in [1.29, 1.82) is 0 Å². The number of thioether (sulfide) groups is 1. The van der Waals surface area contributed by atoms with Gasteiger partial charge in [0.15, 0.2) is 16.3 Å². The van der Waals surface area contributed by atoms with E-state index in [1.807, 2.05) is 29.7 Å². The van der Waals surface area contributed by atoms with E-state index in [4.69, 9.17) is 0 Å². The maximum atomic E-state index is 12.9. The number of imidazole rings is 1. The lowest BCUT2D eigenvalue weighted by Gasteiger charge is -2.11. The predicted molar refractivity (Wildman–Crippen MR) is 110 cm³/mol. The van der Waals surface area contributed by atoms with Crippen molar-refractivity contribution in [3.8, 4) is 0 Å². The predicted octanol–water partition coefficient (Wildman–Crippen LogP) is 2.75. The molecule has 6 nitrogen and oxygen atoms in total. The monoisotopic (exact) mass is 380 g/mol. The molecule has 0 fully saturated rings. The van der Waals surface area contributed by atoms with Crippen molar-refractivity contribution in [3.05, 3.63) is 68.9 Å². The Hall–Kier alpha value is -2.80. The highest BCUT2D eigenvalue weighted by Crippen LogP contribution is 2.25. The van der Waals surface area contributed by atoms with Gasteiger partial charge in [0.1, 0.15) is 0 Å². The average molecular weight is 380 g/mol. The van der Waals surface area contributed by atoms with E-state index in [1.165, 1.54) is 11.6 Å². The van der Waals surface area contributed by atoms with E-state index < -0.39 is 0 Å². The number of benzene rings is 2. The van der Waals surface area contributed by atoms with Crippen LogP contribution in [0.15, 0.2) is 57.2 Å². The molecule has 2 aromatic heterocycles. The number of rotatable bonds is 4. The number of hydrogen-bond donors (Lipinski definition) is 0. The van der Waals surface area contributed by atoms with E-state index in [-0.39, 0.29) is 11.2 Å². The minimum Gasteiger partial charge on any atom is -0.309 e. The molecule has 0 N–H and O–H groups in total. The Balaban J connectivity index is 2.01. The van der Waals surface area contributed by atoms with Crippen LogP contribution in [0.4, 0.5) is 0 Å². The highest BCUT2D eigenvalue weighted by molar-refractivity contribution is 7.99. The lowest BCUT2D eigenvalue weighted by Crippen LogP contribution is -2.37. The summed E-state index contributed by atoms with van der Waals surface area (Å²) < 4.78 is 4.52. The SMILES string of the molecule is CCSc1nc2c(c(=O)n(C)c(=O)n2C)n1Cc1cccc2ccccc12. The average Bonchev–Trinajstić information content (AvgIpc) is 3.03. The summed E-state index contributed by atoms with van der Waals surface area (Å²) in [4.78, 5) is 29.8. The van der Waals surface area contributed by atoms with E-state index in [9.17, 15) is 9.59 Å². The van der Waals surface area contributed by atoms with Gasteiger partial charge in [-0.3, -0.25) is 13.9 Å². The summed E-state index contributed by atoms with van der Waals surface area (Å²) in [6.45, 7) is 2.57. The second-order valence-electron chi connectivity index (χ2n) is 6.43. The molecule has 0 aliphatic carbocycles. The lowest BCUT2D eigenvalue weighted by atomic mass is 10.0. The van der Waals surface area contributed by atoms with Gasteiger partial charge in [-0.15, -0.1) is 0 Å². The third kappa shape index (κ3) is 2.78. The summed E-state index contributed by atoms with van der Waals surface area (Å²) in [6.07, 6.45) is 0. The van der Waals surface area contributed by atoms with Gasteiger partial charge in [0.05, 0.1) is 6.54 Å². The lowest BCUT2D eigenvalue weighted by molar-refractivity contribution is 0.697. The van der Waals surface area contributed by atoms with Crippen molar-refractivity contribution in [3.63, 3.8) is 0 Å². The van der Waals surface area contributed by atoms with Gasteiger partial charge in [-0.05, 0) is 22.1 Å². The second-order valence-corrected chi connectivity index (χ2v) is 7.66. The molecule has 0 amide bonds. The van der Waals surface area contributed by atoms with Crippen LogP contribution in [-0.2, 0) is 20.6 Å². The zero-order valence-corrected chi connectivity index (χ0v) is 16.3. The number of aryl methyl sites for hydroxylation is 1. The van der Waals surface area contributed by atoms with E-state index in [1.54, 1.807) is 18.8 Å². The Morgan fingerprint density at radius 3 is 2.52 bits per heavy atom. The quantitative estimate of drug-likeness (QED) is 0.511. The van der Waals surface area contributed by atoms with Gasteiger partial charge in [0.25, 0.3) is 5.56 Å². The largest absolute Gasteiger partial charge is 0.332 e. The molecule has 0 aliphatic rings. The molecule has 0 saturated heterocycles. The summed E-state index contributed by atoms with van der Waals surface area (Å²) in [5, 5.41) is 3.05. The summed E-state index contributed by atoms with van der Waals surface area (Å²) in [7, 11) is 3.16. The number of fused-ring (bicyclic) bond motifs is 2. The van der Waals surface area contributed by atoms with Crippen LogP contribution < -0.4 is 11.2 Å². The van der Waals surface area contributed by atoms with Crippen molar-refractivity contribution >= 4 is 33.7 Å². The molecule has 0 saturated carbocycles. The molecule has 0 spiro atoms.